The summed E-state index contributed by atoms with van der Waals surface area (Å²) in [5.41, 5.74) is 2.78. The average molecular weight is 649 g/mol. The fraction of sp³-hybridized carbons (Fsp3) is 0.412. The van der Waals surface area contributed by atoms with Gasteiger partial charge in [-0.05, 0) is 61.7 Å². The number of imidazole rings is 1. The third-order valence-corrected chi connectivity index (χ3v) is 10.1. The van der Waals surface area contributed by atoms with Crippen LogP contribution in [0.15, 0.2) is 48.5 Å². The lowest BCUT2D eigenvalue weighted by Crippen LogP contribution is -2.64. The van der Waals surface area contributed by atoms with Crippen LogP contribution in [0.5, 0.6) is 17.2 Å². The van der Waals surface area contributed by atoms with Gasteiger partial charge < -0.3 is 33.5 Å². The minimum atomic E-state index is -1.32. The van der Waals surface area contributed by atoms with E-state index in [4.69, 9.17) is 35.5 Å². The highest BCUT2D eigenvalue weighted by Crippen LogP contribution is 2.51. The Morgan fingerprint density at radius 2 is 1.96 bits per heavy atom. The van der Waals surface area contributed by atoms with Crippen molar-refractivity contribution in [1.82, 2.24) is 14.5 Å². The summed E-state index contributed by atoms with van der Waals surface area (Å²) in [6.07, 6.45) is 3.09. The molecule has 4 aliphatic rings. The van der Waals surface area contributed by atoms with Crippen LogP contribution >= 0.6 is 11.6 Å². The van der Waals surface area contributed by atoms with Gasteiger partial charge in [0.2, 0.25) is 0 Å². The molecule has 0 bridgehead atoms. The Bertz CT molecular complexity index is 1860. The first kappa shape index (κ1) is 29.3. The summed E-state index contributed by atoms with van der Waals surface area (Å²) in [5, 5.41) is 10.1. The second-order valence-electron chi connectivity index (χ2n) is 12.5. The van der Waals surface area contributed by atoms with Gasteiger partial charge in [0.05, 0.1) is 48.6 Å². The maximum absolute atomic E-state index is 15.0. The van der Waals surface area contributed by atoms with Gasteiger partial charge in [0.15, 0.2) is 11.5 Å². The van der Waals surface area contributed by atoms with E-state index in [1.165, 1.54) is 19.2 Å². The highest BCUT2D eigenvalue weighted by molar-refractivity contribution is 6.30. The molecule has 4 aromatic rings. The van der Waals surface area contributed by atoms with Crippen molar-refractivity contribution < 1.29 is 33.2 Å². The SMILES string of the molecule is COc1cc(C(=O)O)cc2c1nc(CN1CCN(c3cccc4c3O[C@@](C)(c3ccc(Cl)cc3F)O4)[C@H]3CC[C@@H]31)n2C[C@@H]1CCO1. The van der Waals surface area contributed by atoms with Crippen LogP contribution < -0.4 is 19.1 Å². The Hall–Kier alpha value is -4.06. The van der Waals surface area contributed by atoms with E-state index in [9.17, 15) is 14.3 Å². The number of carboxylic acids is 1. The van der Waals surface area contributed by atoms with Crippen LogP contribution in [0.4, 0.5) is 10.1 Å². The van der Waals surface area contributed by atoms with E-state index in [1.54, 1.807) is 25.1 Å². The number of ether oxygens (including phenoxy) is 4. The zero-order valence-corrected chi connectivity index (χ0v) is 26.3. The first-order chi connectivity index (χ1) is 22.2. The molecule has 12 heteroatoms. The van der Waals surface area contributed by atoms with E-state index in [2.05, 4.69) is 14.4 Å². The molecular formula is C34H34ClFN4O6. The van der Waals surface area contributed by atoms with E-state index >= 15 is 0 Å². The molecule has 8 rings (SSSR count). The van der Waals surface area contributed by atoms with Gasteiger partial charge in [0.25, 0.3) is 5.79 Å². The number of aromatic nitrogens is 2. The van der Waals surface area contributed by atoms with E-state index in [0.29, 0.717) is 40.9 Å². The smallest absolute Gasteiger partial charge is 0.335 e. The number of fused-ring (bicyclic) bond motifs is 3. The Morgan fingerprint density at radius 3 is 2.65 bits per heavy atom. The van der Waals surface area contributed by atoms with Crippen molar-refractivity contribution in [3.63, 3.8) is 0 Å². The van der Waals surface area contributed by atoms with Crippen LogP contribution in [0.2, 0.25) is 5.02 Å². The van der Waals surface area contributed by atoms with E-state index in [1.807, 2.05) is 18.2 Å². The van der Waals surface area contributed by atoms with Crippen molar-refractivity contribution in [1.29, 1.82) is 0 Å². The molecule has 4 atom stereocenters. The van der Waals surface area contributed by atoms with Crippen molar-refractivity contribution in [2.45, 2.75) is 63.3 Å². The predicted octanol–water partition coefficient (Wildman–Crippen LogP) is 5.82. The summed E-state index contributed by atoms with van der Waals surface area (Å²) in [7, 11) is 1.54. The first-order valence-electron chi connectivity index (χ1n) is 15.6. The van der Waals surface area contributed by atoms with Crippen LogP contribution in [0.1, 0.15) is 47.9 Å². The number of rotatable bonds is 8. The van der Waals surface area contributed by atoms with Crippen LogP contribution in [0.25, 0.3) is 11.0 Å². The lowest BCUT2D eigenvalue weighted by atomic mass is 9.81. The molecule has 46 heavy (non-hydrogen) atoms. The number of hydrogen-bond acceptors (Lipinski definition) is 8. The number of carbonyl (C=O) groups is 1. The van der Waals surface area contributed by atoms with Crippen molar-refractivity contribution in [3.05, 3.63) is 76.3 Å². The van der Waals surface area contributed by atoms with Crippen molar-refractivity contribution in [2.75, 3.05) is 31.7 Å². The molecular weight excluding hydrogens is 615 g/mol. The second-order valence-corrected chi connectivity index (χ2v) is 13.0. The van der Waals surface area contributed by atoms with E-state index in [-0.39, 0.29) is 29.3 Å². The second kappa shape index (κ2) is 11.0. The highest BCUT2D eigenvalue weighted by Gasteiger charge is 2.47. The average Bonchev–Trinajstić information content (AvgIpc) is 3.51. The summed E-state index contributed by atoms with van der Waals surface area (Å²) < 4.78 is 41.1. The maximum atomic E-state index is 15.0. The van der Waals surface area contributed by atoms with Gasteiger partial charge in [0.1, 0.15) is 22.9 Å². The van der Waals surface area contributed by atoms with E-state index in [0.717, 1.165) is 56.0 Å². The number of methoxy groups -OCH3 is 1. The van der Waals surface area contributed by atoms with Crippen LogP contribution in [-0.4, -0.2) is 70.5 Å². The first-order valence-corrected chi connectivity index (χ1v) is 16.0. The van der Waals surface area contributed by atoms with Gasteiger partial charge in [-0.2, -0.15) is 0 Å². The molecule has 3 aliphatic heterocycles. The molecule has 1 saturated carbocycles. The van der Waals surface area contributed by atoms with Gasteiger partial charge in [-0.1, -0.05) is 17.7 Å². The molecule has 240 valence electrons. The molecule has 0 amide bonds. The summed E-state index contributed by atoms with van der Waals surface area (Å²) >= 11 is 6.01. The Labute approximate surface area is 270 Å². The predicted molar refractivity (Wildman–Crippen MR) is 169 cm³/mol. The largest absolute Gasteiger partial charge is 0.494 e. The van der Waals surface area contributed by atoms with Crippen molar-refractivity contribution in [3.8, 4) is 17.2 Å². The molecule has 10 nitrogen and oxygen atoms in total. The van der Waals surface area contributed by atoms with Gasteiger partial charge in [-0.15, -0.1) is 0 Å². The van der Waals surface area contributed by atoms with E-state index < -0.39 is 17.6 Å². The summed E-state index contributed by atoms with van der Waals surface area (Å²) in [6.45, 7) is 5.21. The number of piperazine rings is 1. The third-order valence-electron chi connectivity index (χ3n) is 9.88. The molecule has 0 radical (unpaired) electrons. The zero-order chi connectivity index (χ0) is 31.7. The van der Waals surface area contributed by atoms with Crippen LogP contribution in [-0.2, 0) is 23.6 Å². The Kier molecular flexibility index (Phi) is 7.04. The molecule has 4 heterocycles. The number of halogens is 2. The number of hydrogen-bond donors (Lipinski definition) is 1. The molecule has 0 unspecified atom stereocenters. The summed E-state index contributed by atoms with van der Waals surface area (Å²) in [4.78, 5) is 21.8. The minimum Gasteiger partial charge on any atom is -0.494 e. The molecule has 1 N–H and O–H groups in total. The normalized spacial score (nSPS) is 25.2. The Morgan fingerprint density at radius 1 is 1.13 bits per heavy atom. The lowest BCUT2D eigenvalue weighted by molar-refractivity contribution is -0.0706. The van der Waals surface area contributed by atoms with Crippen molar-refractivity contribution >= 4 is 34.3 Å². The maximum Gasteiger partial charge on any atom is 0.335 e. The molecule has 1 aromatic heterocycles. The third kappa shape index (κ3) is 4.75. The lowest BCUT2D eigenvalue weighted by Gasteiger charge is -2.54. The Balaban J connectivity index is 1.07. The monoisotopic (exact) mass is 648 g/mol. The number of benzene rings is 3. The quantitative estimate of drug-likeness (QED) is 0.253. The molecule has 1 aliphatic carbocycles. The minimum absolute atomic E-state index is 0.0679. The van der Waals surface area contributed by atoms with Gasteiger partial charge in [0, 0.05) is 43.7 Å². The molecule has 0 spiro atoms. The van der Waals surface area contributed by atoms with Crippen LogP contribution in [0, 0.1) is 5.82 Å². The fourth-order valence-corrected chi connectivity index (χ4v) is 7.44. The van der Waals surface area contributed by atoms with Gasteiger partial charge in [-0.3, -0.25) is 4.90 Å². The van der Waals surface area contributed by atoms with Gasteiger partial charge in [-0.25, -0.2) is 14.2 Å². The summed E-state index contributed by atoms with van der Waals surface area (Å²) in [6, 6.07) is 14.1. The summed E-state index contributed by atoms with van der Waals surface area (Å²) in [5.74, 6) is -0.313. The fourth-order valence-electron chi connectivity index (χ4n) is 7.28. The van der Waals surface area contributed by atoms with Gasteiger partial charge >= 0.3 is 5.97 Å². The molecule has 2 saturated heterocycles. The topological polar surface area (TPSA) is 98.5 Å². The number of carboxylic acid groups (broad SMARTS) is 1. The molecule has 3 aromatic carbocycles. The number of para-hydroxylation sites is 1. The zero-order valence-electron chi connectivity index (χ0n) is 25.5. The highest BCUT2D eigenvalue weighted by atomic mass is 35.5. The van der Waals surface area contributed by atoms with Crippen LogP contribution in [0.3, 0.4) is 0 Å². The molecule has 3 fully saturated rings. The number of nitrogens with zero attached hydrogens (tertiary/aromatic N) is 4. The number of anilines is 1. The van der Waals surface area contributed by atoms with Crippen molar-refractivity contribution in [2.24, 2.45) is 0 Å². The number of aromatic carboxylic acids is 1. The standard InChI is InChI=1S/C34H34ClFN4O6/c1-34(22-7-6-20(35)16-23(22)36)45-28-5-3-4-26(32(28)46-34)39-12-11-38(24-8-9-25(24)39)18-30-37-31-27(40(30)17-21-10-13-44-21)14-19(33(41)42)15-29(31)43-2/h3-7,14-16,21,24-25H,8-13,17-18H2,1-2H3,(H,41,42)/t21-,24-,25-,34-/m0/s1.